The van der Waals surface area contributed by atoms with Gasteiger partial charge in [-0.15, -0.1) is 5.10 Å². The van der Waals surface area contributed by atoms with Crippen molar-refractivity contribution in [2.24, 2.45) is 5.92 Å². The molecule has 0 bridgehead atoms. The summed E-state index contributed by atoms with van der Waals surface area (Å²) in [6.45, 7) is 3.11. The first-order valence-corrected chi connectivity index (χ1v) is 10.2. The normalized spacial score (nSPS) is 22.2. The minimum atomic E-state index is -0.438. The maximum absolute atomic E-state index is 9.45. The Balaban J connectivity index is 1.61. The highest BCUT2D eigenvalue weighted by Crippen LogP contribution is 2.44. The van der Waals surface area contributed by atoms with Crippen molar-refractivity contribution in [3.63, 3.8) is 0 Å². The van der Waals surface area contributed by atoms with Crippen LogP contribution in [0.3, 0.4) is 0 Å². The third-order valence-electron chi connectivity index (χ3n) is 6.06. The van der Waals surface area contributed by atoms with Gasteiger partial charge in [0.15, 0.2) is 5.54 Å². The number of nitrogens with one attached hydrogen (secondary N) is 1. The zero-order chi connectivity index (χ0) is 17.3. The van der Waals surface area contributed by atoms with Crippen molar-refractivity contribution >= 4 is 11.3 Å². The van der Waals surface area contributed by atoms with Gasteiger partial charge in [0, 0.05) is 6.54 Å². The lowest BCUT2D eigenvalue weighted by Crippen LogP contribution is -2.46. The lowest BCUT2D eigenvalue weighted by Gasteiger charge is -2.39. The summed E-state index contributed by atoms with van der Waals surface area (Å²) in [5.41, 5.74) is 1.66. The fraction of sp³-hybridized carbons (Fsp3) is 0.632. The van der Waals surface area contributed by atoms with Crippen molar-refractivity contribution in [3.8, 4) is 6.07 Å². The van der Waals surface area contributed by atoms with Gasteiger partial charge < -0.3 is 5.32 Å². The predicted molar refractivity (Wildman–Crippen MR) is 97.9 cm³/mol. The first kappa shape index (κ1) is 16.7. The summed E-state index contributed by atoms with van der Waals surface area (Å²) in [6.07, 6.45) is 10.1. The Hall–Kier alpha value is -1.71. The second-order valence-electron chi connectivity index (χ2n) is 7.71. The molecule has 25 heavy (non-hydrogen) atoms. The molecule has 1 atom stereocenters. The SMILES string of the molecule is CC(NCc1ccsc1)(c1cn(C2(C#N)CC2)nn1)C1CCCCC1. The molecule has 1 N–H and O–H groups in total. The first-order chi connectivity index (χ1) is 12.2. The molecule has 0 amide bonds. The van der Waals surface area contributed by atoms with Crippen LogP contribution in [0.5, 0.6) is 0 Å². The van der Waals surface area contributed by atoms with Gasteiger partial charge in [0.05, 0.1) is 17.8 Å². The van der Waals surface area contributed by atoms with E-state index in [-0.39, 0.29) is 5.54 Å². The van der Waals surface area contributed by atoms with E-state index in [1.807, 2.05) is 6.20 Å². The molecule has 2 aromatic rings. The van der Waals surface area contributed by atoms with Gasteiger partial charge in [-0.3, -0.25) is 0 Å². The highest BCUT2D eigenvalue weighted by Gasteiger charge is 2.48. The largest absolute Gasteiger partial charge is 0.302 e. The van der Waals surface area contributed by atoms with E-state index in [9.17, 15) is 5.26 Å². The van der Waals surface area contributed by atoms with Crippen molar-refractivity contribution in [3.05, 3.63) is 34.3 Å². The summed E-state index contributed by atoms with van der Waals surface area (Å²) >= 11 is 1.73. The molecule has 2 aliphatic carbocycles. The Labute approximate surface area is 153 Å². The maximum atomic E-state index is 9.45. The van der Waals surface area contributed by atoms with E-state index in [4.69, 9.17) is 0 Å². The molecule has 132 valence electrons. The van der Waals surface area contributed by atoms with Crippen LogP contribution >= 0.6 is 11.3 Å². The van der Waals surface area contributed by atoms with E-state index >= 15 is 0 Å². The molecule has 2 saturated carbocycles. The molecule has 2 aliphatic rings. The number of hydrogen-bond acceptors (Lipinski definition) is 5. The maximum Gasteiger partial charge on any atom is 0.150 e. The standard InChI is InChI=1S/C19H25N5S/c1-18(16-5-3-2-4-6-16,21-11-15-7-10-25-13-15)17-12-24(23-22-17)19(14-20)8-9-19/h7,10,12-13,16,21H,2-6,8-9,11H2,1H3. The third-order valence-corrected chi connectivity index (χ3v) is 6.79. The summed E-state index contributed by atoms with van der Waals surface area (Å²) < 4.78 is 1.80. The molecule has 0 radical (unpaired) electrons. The Morgan fingerprint density at radius 1 is 1.40 bits per heavy atom. The lowest BCUT2D eigenvalue weighted by atomic mass is 9.74. The van der Waals surface area contributed by atoms with E-state index in [0.29, 0.717) is 5.92 Å². The highest BCUT2D eigenvalue weighted by molar-refractivity contribution is 7.07. The molecule has 0 aliphatic heterocycles. The van der Waals surface area contributed by atoms with Gasteiger partial charge in [0.1, 0.15) is 5.69 Å². The Kier molecular flexibility index (Phi) is 4.38. The van der Waals surface area contributed by atoms with Crippen LogP contribution < -0.4 is 5.32 Å². The summed E-state index contributed by atoms with van der Waals surface area (Å²) in [6, 6.07) is 4.58. The van der Waals surface area contributed by atoms with Gasteiger partial charge >= 0.3 is 0 Å². The zero-order valence-corrected chi connectivity index (χ0v) is 15.6. The Bertz CT molecular complexity index is 749. The predicted octanol–water partition coefficient (Wildman–Crippen LogP) is 3.94. The van der Waals surface area contributed by atoms with Crippen LogP contribution in [-0.4, -0.2) is 15.0 Å². The van der Waals surface area contributed by atoms with Crippen LogP contribution in [0.1, 0.15) is 63.1 Å². The van der Waals surface area contributed by atoms with Gasteiger partial charge in [-0.2, -0.15) is 16.6 Å². The monoisotopic (exact) mass is 355 g/mol. The van der Waals surface area contributed by atoms with Crippen molar-refractivity contribution in [2.75, 3.05) is 0 Å². The van der Waals surface area contributed by atoms with E-state index in [1.165, 1.54) is 37.7 Å². The van der Waals surface area contributed by atoms with Crippen molar-refractivity contribution < 1.29 is 0 Å². The minimum Gasteiger partial charge on any atom is -0.302 e. The van der Waals surface area contributed by atoms with Crippen LogP contribution in [0.4, 0.5) is 0 Å². The second kappa shape index (κ2) is 6.54. The molecule has 0 saturated heterocycles. The quantitative estimate of drug-likeness (QED) is 0.852. The van der Waals surface area contributed by atoms with E-state index < -0.39 is 5.54 Å². The molecule has 4 rings (SSSR count). The fourth-order valence-corrected chi connectivity index (χ4v) is 4.69. The van der Waals surface area contributed by atoms with Crippen LogP contribution in [0, 0.1) is 17.2 Å². The van der Waals surface area contributed by atoms with Crippen LogP contribution in [-0.2, 0) is 17.6 Å². The molecule has 0 aromatic carbocycles. The molecule has 5 nitrogen and oxygen atoms in total. The molecule has 2 heterocycles. The second-order valence-corrected chi connectivity index (χ2v) is 8.49. The number of nitrogens with zero attached hydrogens (tertiary/aromatic N) is 4. The zero-order valence-electron chi connectivity index (χ0n) is 14.7. The van der Waals surface area contributed by atoms with E-state index in [1.54, 1.807) is 16.0 Å². The summed E-state index contributed by atoms with van der Waals surface area (Å²) in [5.74, 6) is 0.558. The van der Waals surface area contributed by atoms with Gasteiger partial charge in [0.2, 0.25) is 0 Å². The average Bonchev–Trinajstić information content (AvgIpc) is 3.05. The molecule has 2 fully saturated rings. The van der Waals surface area contributed by atoms with Gasteiger partial charge in [0.25, 0.3) is 0 Å². The number of aromatic nitrogens is 3. The average molecular weight is 356 g/mol. The minimum absolute atomic E-state index is 0.202. The fourth-order valence-electron chi connectivity index (χ4n) is 4.02. The number of thiophene rings is 1. The molecule has 0 spiro atoms. The Morgan fingerprint density at radius 3 is 2.84 bits per heavy atom. The van der Waals surface area contributed by atoms with Crippen molar-refractivity contribution in [1.82, 2.24) is 20.3 Å². The van der Waals surface area contributed by atoms with Gasteiger partial charge in [-0.25, -0.2) is 4.68 Å². The van der Waals surface area contributed by atoms with Crippen molar-refractivity contribution in [2.45, 2.75) is 69.5 Å². The summed E-state index contributed by atoms with van der Waals surface area (Å²) in [5, 5.41) is 26.4. The molecule has 1 unspecified atom stereocenters. The summed E-state index contributed by atoms with van der Waals surface area (Å²) in [7, 11) is 0. The number of nitriles is 1. The van der Waals surface area contributed by atoms with Crippen LogP contribution in [0.25, 0.3) is 0 Å². The molecular formula is C19H25N5S. The molecule has 6 heteroatoms. The first-order valence-electron chi connectivity index (χ1n) is 9.27. The molecule has 2 aromatic heterocycles. The van der Waals surface area contributed by atoms with E-state index in [0.717, 1.165) is 25.1 Å². The van der Waals surface area contributed by atoms with Crippen LogP contribution in [0.2, 0.25) is 0 Å². The molecular weight excluding hydrogens is 330 g/mol. The smallest absolute Gasteiger partial charge is 0.150 e. The number of rotatable bonds is 6. The lowest BCUT2D eigenvalue weighted by molar-refractivity contribution is 0.170. The highest BCUT2D eigenvalue weighted by atomic mass is 32.1. The third kappa shape index (κ3) is 3.11. The van der Waals surface area contributed by atoms with Gasteiger partial charge in [-0.1, -0.05) is 24.5 Å². The van der Waals surface area contributed by atoms with Crippen molar-refractivity contribution in [1.29, 1.82) is 5.26 Å². The van der Waals surface area contributed by atoms with Crippen LogP contribution in [0.15, 0.2) is 23.0 Å². The van der Waals surface area contributed by atoms with Gasteiger partial charge in [-0.05, 0) is 60.9 Å². The van der Waals surface area contributed by atoms with E-state index in [2.05, 4.69) is 45.4 Å². The Morgan fingerprint density at radius 2 is 2.20 bits per heavy atom. The topological polar surface area (TPSA) is 66.5 Å². The number of hydrogen-bond donors (Lipinski definition) is 1. The summed E-state index contributed by atoms with van der Waals surface area (Å²) in [4.78, 5) is 0.